The van der Waals surface area contributed by atoms with Gasteiger partial charge in [0.25, 0.3) is 0 Å². The van der Waals surface area contributed by atoms with E-state index < -0.39 is 0 Å². The summed E-state index contributed by atoms with van der Waals surface area (Å²) in [4.78, 5) is 17.7. The summed E-state index contributed by atoms with van der Waals surface area (Å²) in [6, 6.07) is 0. The molecule has 0 saturated carbocycles. The first-order chi connectivity index (χ1) is 10.7. The lowest BCUT2D eigenvalue weighted by atomic mass is 10.2. The number of guanidine groups is 1. The predicted molar refractivity (Wildman–Crippen MR) is 108 cm³/mol. The topological polar surface area (TPSA) is 70.6 Å². The molecule has 3 heterocycles. The fourth-order valence-corrected chi connectivity index (χ4v) is 3.77. The minimum atomic E-state index is 0. The van der Waals surface area contributed by atoms with E-state index in [-0.39, 0.29) is 24.0 Å². The SMILES string of the molecule is CC(CN=C(N)N1CCN(c2nccs2)CC1)c1nccs1.I. The summed E-state index contributed by atoms with van der Waals surface area (Å²) in [7, 11) is 0. The number of thiazole rings is 2. The van der Waals surface area contributed by atoms with Crippen LogP contribution in [0.1, 0.15) is 17.8 Å². The van der Waals surface area contributed by atoms with Crippen molar-refractivity contribution >= 4 is 57.7 Å². The molecule has 1 unspecified atom stereocenters. The maximum atomic E-state index is 6.14. The van der Waals surface area contributed by atoms with Crippen molar-refractivity contribution in [3.05, 3.63) is 28.2 Å². The van der Waals surface area contributed by atoms with Crippen LogP contribution < -0.4 is 10.6 Å². The average molecular weight is 464 g/mol. The van der Waals surface area contributed by atoms with Crippen LogP contribution in [0.25, 0.3) is 0 Å². The highest BCUT2D eigenvalue weighted by molar-refractivity contribution is 14.0. The molecule has 1 saturated heterocycles. The zero-order valence-corrected chi connectivity index (χ0v) is 16.9. The van der Waals surface area contributed by atoms with Crippen LogP contribution in [0.5, 0.6) is 0 Å². The van der Waals surface area contributed by atoms with Crippen molar-refractivity contribution in [3.8, 4) is 0 Å². The summed E-state index contributed by atoms with van der Waals surface area (Å²) in [5.74, 6) is 0.956. The Hall–Kier alpha value is -0.940. The average Bonchev–Trinajstić information content (AvgIpc) is 3.25. The minimum Gasteiger partial charge on any atom is -0.370 e. The third-order valence-electron chi connectivity index (χ3n) is 3.69. The second-order valence-corrected chi connectivity index (χ2v) is 7.06. The Balaban J connectivity index is 0.00000192. The van der Waals surface area contributed by atoms with Gasteiger partial charge in [-0.3, -0.25) is 4.99 Å². The van der Waals surface area contributed by atoms with E-state index in [1.807, 2.05) is 23.2 Å². The number of piperazine rings is 1. The summed E-state index contributed by atoms with van der Waals surface area (Å²) in [5.41, 5.74) is 6.14. The van der Waals surface area contributed by atoms with E-state index in [0.717, 1.165) is 36.3 Å². The van der Waals surface area contributed by atoms with E-state index in [2.05, 4.69) is 31.7 Å². The van der Waals surface area contributed by atoms with Gasteiger partial charge in [-0.1, -0.05) is 6.92 Å². The van der Waals surface area contributed by atoms with Crippen LogP contribution in [-0.4, -0.2) is 53.6 Å². The van der Waals surface area contributed by atoms with Gasteiger partial charge < -0.3 is 15.5 Å². The number of anilines is 1. The van der Waals surface area contributed by atoms with Crippen LogP contribution in [-0.2, 0) is 0 Å². The molecule has 1 aliphatic rings. The van der Waals surface area contributed by atoms with Crippen molar-refractivity contribution in [1.29, 1.82) is 0 Å². The van der Waals surface area contributed by atoms with Crippen LogP contribution in [0, 0.1) is 0 Å². The number of aliphatic imine (C=N–C) groups is 1. The third kappa shape index (κ3) is 4.77. The maximum absolute atomic E-state index is 6.14. The van der Waals surface area contributed by atoms with Gasteiger partial charge in [-0.15, -0.1) is 46.7 Å². The zero-order chi connectivity index (χ0) is 15.4. The Kier molecular flexibility index (Phi) is 7.03. The molecule has 3 rings (SSSR count). The molecule has 0 bridgehead atoms. The van der Waals surface area contributed by atoms with Crippen molar-refractivity contribution in [2.75, 3.05) is 37.6 Å². The van der Waals surface area contributed by atoms with Crippen molar-refractivity contribution in [2.24, 2.45) is 10.7 Å². The highest BCUT2D eigenvalue weighted by Gasteiger charge is 2.20. The lowest BCUT2D eigenvalue weighted by molar-refractivity contribution is 0.380. The van der Waals surface area contributed by atoms with Crippen LogP contribution in [0.3, 0.4) is 0 Å². The largest absolute Gasteiger partial charge is 0.370 e. The van der Waals surface area contributed by atoms with Crippen LogP contribution in [0.4, 0.5) is 5.13 Å². The molecule has 1 fully saturated rings. The summed E-state index contributed by atoms with van der Waals surface area (Å²) in [5, 5.41) is 6.21. The van der Waals surface area contributed by atoms with Crippen LogP contribution in [0.15, 0.2) is 28.1 Å². The molecule has 2 N–H and O–H groups in total. The molecule has 6 nitrogen and oxygen atoms in total. The fraction of sp³-hybridized carbons (Fsp3) is 0.500. The number of aromatic nitrogens is 2. The first-order valence-electron chi connectivity index (χ1n) is 7.32. The van der Waals surface area contributed by atoms with Crippen molar-refractivity contribution < 1.29 is 0 Å². The summed E-state index contributed by atoms with van der Waals surface area (Å²) < 4.78 is 0. The van der Waals surface area contributed by atoms with Gasteiger partial charge in [0, 0.05) is 55.3 Å². The Bertz CT molecular complexity index is 593. The number of rotatable bonds is 4. The van der Waals surface area contributed by atoms with E-state index in [1.165, 1.54) is 0 Å². The van der Waals surface area contributed by atoms with E-state index in [1.54, 1.807) is 22.7 Å². The van der Waals surface area contributed by atoms with E-state index >= 15 is 0 Å². The maximum Gasteiger partial charge on any atom is 0.191 e. The zero-order valence-electron chi connectivity index (χ0n) is 13.0. The molecule has 1 aliphatic heterocycles. The molecular formula is C14H21IN6S2. The molecule has 23 heavy (non-hydrogen) atoms. The normalized spacial score (nSPS) is 17.0. The summed E-state index contributed by atoms with van der Waals surface area (Å²) in [6.07, 6.45) is 3.68. The number of halogens is 1. The lowest BCUT2D eigenvalue weighted by Crippen LogP contribution is -2.51. The molecule has 1 atom stereocenters. The Morgan fingerprint density at radius 2 is 1.91 bits per heavy atom. The van der Waals surface area contributed by atoms with E-state index in [4.69, 9.17) is 5.73 Å². The first kappa shape index (κ1) is 18.4. The molecule has 0 spiro atoms. The lowest BCUT2D eigenvalue weighted by Gasteiger charge is -2.35. The standard InChI is InChI=1S/C14H20N6S2.HI/c1-11(12-16-2-8-21-12)10-18-13(15)19-4-6-20(7-5-19)14-17-3-9-22-14;/h2-3,8-9,11H,4-7,10H2,1H3,(H2,15,18);1H. The monoisotopic (exact) mass is 464 g/mol. The molecule has 2 aromatic rings. The Morgan fingerprint density at radius 3 is 2.52 bits per heavy atom. The van der Waals surface area contributed by atoms with Crippen molar-refractivity contribution in [1.82, 2.24) is 14.9 Å². The van der Waals surface area contributed by atoms with Crippen LogP contribution >= 0.6 is 46.7 Å². The van der Waals surface area contributed by atoms with Gasteiger partial charge in [0.2, 0.25) is 0 Å². The molecular weight excluding hydrogens is 443 g/mol. The Labute approximate surface area is 161 Å². The quantitative estimate of drug-likeness (QED) is 0.428. The molecule has 126 valence electrons. The molecule has 2 aromatic heterocycles. The first-order valence-corrected chi connectivity index (χ1v) is 9.08. The molecule has 0 radical (unpaired) electrons. The Morgan fingerprint density at radius 1 is 1.22 bits per heavy atom. The molecule has 0 aromatic carbocycles. The van der Waals surface area contributed by atoms with Crippen molar-refractivity contribution in [3.63, 3.8) is 0 Å². The van der Waals surface area contributed by atoms with Gasteiger partial charge in [-0.25, -0.2) is 9.97 Å². The van der Waals surface area contributed by atoms with Gasteiger partial charge in [-0.2, -0.15) is 0 Å². The second-order valence-electron chi connectivity index (χ2n) is 5.26. The van der Waals surface area contributed by atoms with Gasteiger partial charge in [0.1, 0.15) is 0 Å². The van der Waals surface area contributed by atoms with Gasteiger partial charge in [0.05, 0.1) is 11.6 Å². The molecule has 9 heteroatoms. The van der Waals surface area contributed by atoms with Gasteiger partial charge in [0.15, 0.2) is 11.1 Å². The number of hydrogen-bond donors (Lipinski definition) is 1. The van der Waals surface area contributed by atoms with Gasteiger partial charge >= 0.3 is 0 Å². The number of nitrogens with two attached hydrogens (primary N) is 1. The van der Waals surface area contributed by atoms with E-state index in [9.17, 15) is 0 Å². The second kappa shape index (κ2) is 8.78. The molecule has 0 amide bonds. The third-order valence-corrected chi connectivity index (χ3v) is 5.53. The summed E-state index contributed by atoms with van der Waals surface area (Å²) >= 11 is 3.35. The molecule has 0 aliphatic carbocycles. The smallest absolute Gasteiger partial charge is 0.191 e. The minimum absolute atomic E-state index is 0. The predicted octanol–water partition coefficient (Wildman–Crippen LogP) is 2.46. The highest BCUT2D eigenvalue weighted by Crippen LogP contribution is 2.19. The van der Waals surface area contributed by atoms with E-state index in [0.29, 0.717) is 18.4 Å². The van der Waals surface area contributed by atoms with Gasteiger partial charge in [-0.05, 0) is 0 Å². The number of nitrogens with zero attached hydrogens (tertiary/aromatic N) is 5. The number of hydrogen-bond acceptors (Lipinski definition) is 6. The fourth-order valence-electron chi connectivity index (χ4n) is 2.39. The van der Waals surface area contributed by atoms with Crippen LogP contribution in [0.2, 0.25) is 0 Å². The van der Waals surface area contributed by atoms with Crippen molar-refractivity contribution in [2.45, 2.75) is 12.8 Å². The highest BCUT2D eigenvalue weighted by atomic mass is 127. The summed E-state index contributed by atoms with van der Waals surface area (Å²) in [6.45, 7) is 6.47.